The number of hydrogen-bond donors (Lipinski definition) is 2. The largest absolute Gasteiger partial charge is 0.366 e. The third-order valence-electron chi connectivity index (χ3n) is 4.72. The first-order chi connectivity index (χ1) is 12.6. The number of nitrogens with one attached hydrogen (secondary N) is 1. The summed E-state index contributed by atoms with van der Waals surface area (Å²) in [6.45, 7) is 4.59. The Kier molecular flexibility index (Phi) is 4.53. The second-order valence-corrected chi connectivity index (χ2v) is 6.99. The summed E-state index contributed by atoms with van der Waals surface area (Å²) in [7, 11) is 0. The highest BCUT2D eigenvalue weighted by Gasteiger charge is 2.20. The van der Waals surface area contributed by atoms with Gasteiger partial charge in [0, 0.05) is 43.3 Å². The van der Waals surface area contributed by atoms with Gasteiger partial charge in [0.05, 0.1) is 11.0 Å². The minimum atomic E-state index is -0.433. The van der Waals surface area contributed by atoms with Crippen molar-refractivity contribution >= 4 is 34.5 Å². The minimum absolute atomic E-state index is 0.433. The van der Waals surface area contributed by atoms with Crippen molar-refractivity contribution in [3.63, 3.8) is 0 Å². The van der Waals surface area contributed by atoms with Crippen molar-refractivity contribution < 1.29 is 4.79 Å². The third-order valence-corrected chi connectivity index (χ3v) is 4.96. The predicted octanol–water partition coefficient (Wildman–Crippen LogP) is 2.64. The predicted molar refractivity (Wildman–Crippen MR) is 104 cm³/mol. The molecular weight excluding hydrogens is 350 g/mol. The molecule has 0 radical (unpaired) electrons. The van der Waals surface area contributed by atoms with E-state index >= 15 is 0 Å². The first kappa shape index (κ1) is 16.9. The van der Waals surface area contributed by atoms with E-state index in [1.165, 1.54) is 5.56 Å². The Morgan fingerprint density at radius 1 is 1.15 bits per heavy atom. The maximum Gasteiger partial charge on any atom is 0.248 e. The van der Waals surface area contributed by atoms with E-state index in [0.717, 1.165) is 54.7 Å². The molecule has 1 aliphatic rings. The lowest BCUT2D eigenvalue weighted by Gasteiger charge is -2.34. The third kappa shape index (κ3) is 3.52. The van der Waals surface area contributed by atoms with Crippen LogP contribution in [0.5, 0.6) is 0 Å². The molecule has 2 aromatic carbocycles. The molecule has 1 fully saturated rings. The van der Waals surface area contributed by atoms with Gasteiger partial charge in [0.1, 0.15) is 0 Å². The lowest BCUT2D eigenvalue weighted by atomic mass is 10.2. The van der Waals surface area contributed by atoms with Crippen molar-refractivity contribution in [3.8, 4) is 0 Å². The Balaban J connectivity index is 1.43. The summed E-state index contributed by atoms with van der Waals surface area (Å²) < 4.78 is 0. The molecule has 0 unspecified atom stereocenters. The molecule has 7 heteroatoms. The van der Waals surface area contributed by atoms with E-state index in [2.05, 4.69) is 25.8 Å². The first-order valence-electron chi connectivity index (χ1n) is 8.60. The molecule has 26 heavy (non-hydrogen) atoms. The number of benzene rings is 2. The molecule has 4 rings (SSSR count). The van der Waals surface area contributed by atoms with Gasteiger partial charge in [0.2, 0.25) is 11.9 Å². The van der Waals surface area contributed by atoms with Crippen LogP contribution in [0.2, 0.25) is 5.02 Å². The van der Waals surface area contributed by atoms with Crippen LogP contribution in [0.3, 0.4) is 0 Å². The second kappa shape index (κ2) is 6.97. The quantitative estimate of drug-likeness (QED) is 0.741. The van der Waals surface area contributed by atoms with Crippen LogP contribution < -0.4 is 10.6 Å². The van der Waals surface area contributed by atoms with Gasteiger partial charge in [-0.15, -0.1) is 0 Å². The average Bonchev–Trinajstić information content (AvgIpc) is 3.05. The molecule has 0 saturated carbocycles. The Bertz CT molecular complexity index is 946. The maximum atomic E-state index is 11.3. The fourth-order valence-corrected chi connectivity index (χ4v) is 3.52. The fraction of sp³-hybridized carbons (Fsp3) is 0.263. The van der Waals surface area contributed by atoms with E-state index in [1.54, 1.807) is 12.1 Å². The summed E-state index contributed by atoms with van der Waals surface area (Å²) in [5.41, 5.74) is 8.73. The zero-order chi connectivity index (χ0) is 18.1. The topological polar surface area (TPSA) is 78.2 Å². The number of primary amides is 1. The molecule has 0 bridgehead atoms. The van der Waals surface area contributed by atoms with Crippen LogP contribution >= 0.6 is 11.6 Å². The van der Waals surface area contributed by atoms with Crippen LogP contribution in [0.25, 0.3) is 11.0 Å². The lowest BCUT2D eigenvalue weighted by Crippen LogP contribution is -2.46. The van der Waals surface area contributed by atoms with E-state index in [9.17, 15) is 4.79 Å². The summed E-state index contributed by atoms with van der Waals surface area (Å²) in [4.78, 5) is 23.9. The van der Waals surface area contributed by atoms with Gasteiger partial charge in [-0.25, -0.2) is 4.98 Å². The van der Waals surface area contributed by atoms with Gasteiger partial charge in [-0.1, -0.05) is 23.7 Å². The van der Waals surface area contributed by atoms with Crippen molar-refractivity contribution in [1.29, 1.82) is 0 Å². The van der Waals surface area contributed by atoms with E-state index in [4.69, 9.17) is 17.3 Å². The highest BCUT2D eigenvalue weighted by molar-refractivity contribution is 6.30. The van der Waals surface area contributed by atoms with Crippen LogP contribution in [0, 0.1) is 0 Å². The highest BCUT2D eigenvalue weighted by atomic mass is 35.5. The normalized spacial score (nSPS) is 15.5. The molecule has 134 valence electrons. The van der Waals surface area contributed by atoms with Gasteiger partial charge >= 0.3 is 0 Å². The van der Waals surface area contributed by atoms with Crippen LogP contribution in [0.15, 0.2) is 42.5 Å². The number of piperazine rings is 1. The van der Waals surface area contributed by atoms with Gasteiger partial charge in [0.25, 0.3) is 0 Å². The molecule has 2 heterocycles. The van der Waals surface area contributed by atoms with Crippen molar-refractivity contribution in [2.45, 2.75) is 6.54 Å². The van der Waals surface area contributed by atoms with Crippen LogP contribution in [0.4, 0.5) is 5.95 Å². The molecular formula is C19H20ClN5O. The Morgan fingerprint density at radius 3 is 2.69 bits per heavy atom. The van der Waals surface area contributed by atoms with Crippen LogP contribution in [-0.4, -0.2) is 47.0 Å². The van der Waals surface area contributed by atoms with E-state index in [0.29, 0.717) is 5.56 Å². The van der Waals surface area contributed by atoms with E-state index in [1.807, 2.05) is 24.3 Å². The maximum absolute atomic E-state index is 11.3. The van der Waals surface area contributed by atoms with Gasteiger partial charge in [0.15, 0.2) is 0 Å². The Labute approximate surface area is 156 Å². The summed E-state index contributed by atoms with van der Waals surface area (Å²) in [6, 6.07) is 13.3. The minimum Gasteiger partial charge on any atom is -0.366 e. The lowest BCUT2D eigenvalue weighted by molar-refractivity contribution is 0.100. The average molecular weight is 370 g/mol. The zero-order valence-corrected chi connectivity index (χ0v) is 15.0. The van der Waals surface area contributed by atoms with Gasteiger partial charge in [-0.2, -0.15) is 0 Å². The Morgan fingerprint density at radius 2 is 1.96 bits per heavy atom. The standard InChI is InChI=1S/C19H20ClN5O/c20-15-3-1-2-13(10-15)12-24-6-8-25(9-7-24)19-22-16-5-4-14(18(21)26)11-17(16)23-19/h1-5,10-11H,6-9,12H2,(H2,21,26)(H,22,23). The molecule has 3 aromatic rings. The summed E-state index contributed by atoms with van der Waals surface area (Å²) in [5, 5.41) is 0.777. The molecule has 1 aliphatic heterocycles. The summed E-state index contributed by atoms with van der Waals surface area (Å²) in [5.74, 6) is 0.404. The molecule has 6 nitrogen and oxygen atoms in total. The number of fused-ring (bicyclic) bond motifs is 1. The van der Waals surface area contributed by atoms with Crippen molar-refractivity contribution in [2.24, 2.45) is 5.73 Å². The number of aromatic amines is 1. The number of halogens is 1. The number of rotatable bonds is 4. The second-order valence-electron chi connectivity index (χ2n) is 6.55. The number of imidazole rings is 1. The number of H-pyrrole nitrogens is 1. The molecule has 0 aliphatic carbocycles. The molecule has 1 saturated heterocycles. The number of aromatic nitrogens is 2. The summed E-state index contributed by atoms with van der Waals surface area (Å²) in [6.07, 6.45) is 0. The van der Waals surface area contributed by atoms with Crippen molar-refractivity contribution in [2.75, 3.05) is 31.1 Å². The number of hydrogen-bond acceptors (Lipinski definition) is 4. The molecule has 3 N–H and O–H groups in total. The number of nitrogens with zero attached hydrogens (tertiary/aromatic N) is 3. The number of carbonyl (C=O) groups is 1. The van der Waals surface area contributed by atoms with Gasteiger partial charge in [-0.05, 0) is 35.9 Å². The monoisotopic (exact) mass is 369 g/mol. The Hall–Kier alpha value is -2.57. The fourth-order valence-electron chi connectivity index (χ4n) is 3.31. The smallest absolute Gasteiger partial charge is 0.248 e. The number of amides is 1. The molecule has 1 aromatic heterocycles. The van der Waals surface area contributed by atoms with E-state index in [-0.39, 0.29) is 0 Å². The van der Waals surface area contributed by atoms with Crippen LogP contribution in [0.1, 0.15) is 15.9 Å². The molecule has 0 atom stereocenters. The van der Waals surface area contributed by atoms with E-state index < -0.39 is 5.91 Å². The first-order valence-corrected chi connectivity index (χ1v) is 8.97. The zero-order valence-electron chi connectivity index (χ0n) is 14.3. The van der Waals surface area contributed by atoms with Crippen LogP contribution in [-0.2, 0) is 6.54 Å². The number of anilines is 1. The molecule has 1 amide bonds. The van der Waals surface area contributed by atoms with Gasteiger partial charge < -0.3 is 15.6 Å². The summed E-state index contributed by atoms with van der Waals surface area (Å²) >= 11 is 6.07. The molecule has 0 spiro atoms. The van der Waals surface area contributed by atoms with Crippen molar-refractivity contribution in [3.05, 3.63) is 58.6 Å². The highest BCUT2D eigenvalue weighted by Crippen LogP contribution is 2.21. The van der Waals surface area contributed by atoms with Gasteiger partial charge in [-0.3, -0.25) is 9.69 Å². The number of nitrogens with two attached hydrogens (primary N) is 1. The number of carbonyl (C=O) groups excluding carboxylic acids is 1. The van der Waals surface area contributed by atoms with Crippen molar-refractivity contribution in [1.82, 2.24) is 14.9 Å². The SMILES string of the molecule is NC(=O)c1ccc2nc(N3CCN(Cc4cccc(Cl)c4)CC3)[nH]c2c1.